The second-order valence-electron chi connectivity index (χ2n) is 7.12. The van der Waals surface area contributed by atoms with Crippen LogP contribution in [0.4, 0.5) is 17.6 Å². The summed E-state index contributed by atoms with van der Waals surface area (Å²) >= 11 is 0. The van der Waals surface area contributed by atoms with E-state index in [4.69, 9.17) is 5.11 Å². The molecule has 0 bridgehead atoms. The van der Waals surface area contributed by atoms with Crippen LogP contribution in [0.15, 0.2) is 65.6 Å². The SMILES string of the molecule is Cc1cccc(Cn2cccc(C(F)(F)F)c2=O)c1.O=C(O)CNC(=O)c1c(F)cccc1P. The third-order valence-corrected chi connectivity index (χ3v) is 4.92. The minimum Gasteiger partial charge on any atom is -0.480 e. The number of amides is 1. The molecular formula is C23H21F4N2O4P. The van der Waals surface area contributed by atoms with Gasteiger partial charge in [0.15, 0.2) is 0 Å². The molecule has 2 aromatic carbocycles. The smallest absolute Gasteiger partial charge is 0.421 e. The number of benzene rings is 2. The summed E-state index contributed by atoms with van der Waals surface area (Å²) in [6.07, 6.45) is -3.26. The number of alkyl halides is 3. The molecular weight excluding hydrogens is 475 g/mol. The van der Waals surface area contributed by atoms with Gasteiger partial charge in [-0.05, 0) is 36.0 Å². The van der Waals surface area contributed by atoms with E-state index in [9.17, 15) is 31.9 Å². The average Bonchev–Trinajstić information content (AvgIpc) is 2.73. The van der Waals surface area contributed by atoms with E-state index in [0.29, 0.717) is 5.30 Å². The van der Waals surface area contributed by atoms with E-state index < -0.39 is 41.5 Å². The molecule has 6 nitrogen and oxygen atoms in total. The van der Waals surface area contributed by atoms with Crippen molar-refractivity contribution >= 4 is 26.4 Å². The van der Waals surface area contributed by atoms with Crippen LogP contribution < -0.4 is 16.2 Å². The summed E-state index contributed by atoms with van der Waals surface area (Å²) in [6, 6.07) is 13.5. The van der Waals surface area contributed by atoms with E-state index in [1.165, 1.54) is 18.3 Å². The second kappa shape index (κ2) is 11.6. The predicted octanol–water partition coefficient (Wildman–Crippen LogP) is 3.36. The number of halogens is 4. The highest BCUT2D eigenvalue weighted by Crippen LogP contribution is 2.26. The number of hydrogen-bond acceptors (Lipinski definition) is 3. The van der Waals surface area contributed by atoms with Crippen molar-refractivity contribution in [3.8, 4) is 0 Å². The van der Waals surface area contributed by atoms with Gasteiger partial charge in [0.25, 0.3) is 11.5 Å². The van der Waals surface area contributed by atoms with Crippen molar-refractivity contribution in [1.82, 2.24) is 9.88 Å². The molecule has 3 rings (SSSR count). The molecule has 0 radical (unpaired) electrons. The number of aryl methyl sites for hydroxylation is 1. The van der Waals surface area contributed by atoms with Crippen molar-refractivity contribution in [3.05, 3.63) is 99.2 Å². The van der Waals surface area contributed by atoms with E-state index in [2.05, 4.69) is 14.6 Å². The fourth-order valence-corrected chi connectivity index (χ4v) is 3.29. The van der Waals surface area contributed by atoms with Gasteiger partial charge in [0, 0.05) is 6.20 Å². The first-order chi connectivity index (χ1) is 15.9. The van der Waals surface area contributed by atoms with Crippen LogP contribution in [0.25, 0.3) is 0 Å². The van der Waals surface area contributed by atoms with Gasteiger partial charge >= 0.3 is 12.1 Å². The van der Waals surface area contributed by atoms with Gasteiger partial charge in [0.1, 0.15) is 17.9 Å². The van der Waals surface area contributed by atoms with Crippen LogP contribution in [0.5, 0.6) is 0 Å². The molecule has 1 amide bonds. The Kier molecular flexibility index (Phi) is 9.09. The van der Waals surface area contributed by atoms with E-state index in [0.717, 1.165) is 27.8 Å². The predicted molar refractivity (Wildman–Crippen MR) is 122 cm³/mol. The standard InChI is InChI=1S/C14H12F3NO.C9H9FNO3P/c1-10-4-2-5-11(8-10)9-18-7-3-6-12(13(18)19)14(15,16)17;10-5-2-1-3-6(15)8(5)9(14)11-4-7(12)13/h2-8H,9H2,1H3;1-3H,4,15H2,(H,11,14)(H,12,13). The molecule has 0 spiro atoms. The summed E-state index contributed by atoms with van der Waals surface area (Å²) in [7, 11) is 2.22. The normalized spacial score (nSPS) is 10.8. The lowest BCUT2D eigenvalue weighted by Gasteiger charge is -2.10. The number of aromatic nitrogens is 1. The number of nitrogens with zero attached hydrogens (tertiary/aromatic N) is 1. The molecule has 0 fully saturated rings. The Morgan fingerprint density at radius 3 is 2.35 bits per heavy atom. The lowest BCUT2D eigenvalue weighted by atomic mass is 10.1. The minimum atomic E-state index is -4.62. The summed E-state index contributed by atoms with van der Waals surface area (Å²) in [6.45, 7) is 1.49. The Labute approximate surface area is 194 Å². The molecule has 1 aromatic heterocycles. The van der Waals surface area contributed by atoms with Gasteiger partial charge in [0.2, 0.25) is 0 Å². The number of hydrogen-bond donors (Lipinski definition) is 2. The fourth-order valence-electron chi connectivity index (χ4n) is 2.91. The van der Waals surface area contributed by atoms with Gasteiger partial charge in [-0.2, -0.15) is 13.2 Å². The highest BCUT2D eigenvalue weighted by atomic mass is 31.0. The molecule has 1 atom stereocenters. The molecule has 1 unspecified atom stereocenters. The number of nitrogens with one attached hydrogen (secondary N) is 1. The molecule has 180 valence electrons. The van der Waals surface area contributed by atoms with Crippen molar-refractivity contribution < 1.29 is 32.3 Å². The van der Waals surface area contributed by atoms with Crippen LogP contribution in [0.1, 0.15) is 27.0 Å². The molecule has 11 heteroatoms. The van der Waals surface area contributed by atoms with Crippen LogP contribution in [0.3, 0.4) is 0 Å². The summed E-state index contributed by atoms with van der Waals surface area (Å²) in [5, 5.41) is 10.8. The van der Waals surface area contributed by atoms with Crippen molar-refractivity contribution in [2.75, 3.05) is 6.54 Å². The highest BCUT2D eigenvalue weighted by molar-refractivity contribution is 7.27. The minimum absolute atomic E-state index is 0.129. The first kappa shape index (κ1) is 26.7. The number of carbonyl (C=O) groups is 2. The quantitative estimate of drug-likeness (QED) is 0.419. The zero-order chi connectivity index (χ0) is 25.5. The van der Waals surface area contributed by atoms with Gasteiger partial charge in [-0.3, -0.25) is 14.4 Å². The van der Waals surface area contributed by atoms with Gasteiger partial charge in [-0.15, -0.1) is 9.24 Å². The van der Waals surface area contributed by atoms with E-state index in [1.54, 1.807) is 12.1 Å². The van der Waals surface area contributed by atoms with Crippen molar-refractivity contribution in [2.45, 2.75) is 19.6 Å². The maximum Gasteiger partial charge on any atom is 0.421 e. The van der Waals surface area contributed by atoms with Crippen LogP contribution in [0.2, 0.25) is 0 Å². The van der Waals surface area contributed by atoms with Gasteiger partial charge < -0.3 is 15.0 Å². The van der Waals surface area contributed by atoms with Crippen LogP contribution in [-0.2, 0) is 17.5 Å². The third kappa shape index (κ3) is 7.52. The Bertz CT molecular complexity index is 1220. The maximum absolute atomic E-state index is 13.2. The third-order valence-electron chi connectivity index (χ3n) is 4.43. The summed E-state index contributed by atoms with van der Waals surface area (Å²) in [4.78, 5) is 33.3. The molecule has 2 N–H and O–H groups in total. The average molecular weight is 496 g/mol. The van der Waals surface area contributed by atoms with E-state index >= 15 is 0 Å². The summed E-state index contributed by atoms with van der Waals surface area (Å²) in [5.74, 6) is -2.59. The summed E-state index contributed by atoms with van der Waals surface area (Å²) in [5.41, 5.74) is -0.512. The molecule has 1 heterocycles. The largest absolute Gasteiger partial charge is 0.480 e. The van der Waals surface area contributed by atoms with Gasteiger partial charge in [-0.25, -0.2) is 4.39 Å². The fraction of sp³-hybridized carbons (Fsp3) is 0.174. The van der Waals surface area contributed by atoms with Crippen LogP contribution >= 0.6 is 9.24 Å². The molecule has 0 saturated carbocycles. The first-order valence-corrected chi connectivity index (χ1v) is 10.3. The zero-order valence-electron chi connectivity index (χ0n) is 17.9. The number of carbonyl (C=O) groups excluding carboxylic acids is 1. The van der Waals surface area contributed by atoms with E-state index in [1.807, 2.05) is 25.1 Å². The molecule has 0 aliphatic rings. The lowest BCUT2D eigenvalue weighted by molar-refractivity contribution is -0.139. The molecule has 0 saturated heterocycles. The summed E-state index contributed by atoms with van der Waals surface area (Å²) < 4.78 is 52.1. The maximum atomic E-state index is 13.2. The Hall–Kier alpha value is -3.52. The molecule has 3 aromatic rings. The van der Waals surface area contributed by atoms with Crippen molar-refractivity contribution in [1.29, 1.82) is 0 Å². The monoisotopic (exact) mass is 496 g/mol. The molecule has 0 aliphatic carbocycles. The van der Waals surface area contributed by atoms with E-state index in [-0.39, 0.29) is 12.1 Å². The number of carboxylic acids is 1. The topological polar surface area (TPSA) is 88.4 Å². The second-order valence-corrected chi connectivity index (χ2v) is 7.74. The number of pyridine rings is 1. The Balaban J connectivity index is 0.000000248. The number of carboxylic acid groups (broad SMARTS) is 1. The van der Waals surface area contributed by atoms with Crippen molar-refractivity contribution in [3.63, 3.8) is 0 Å². The zero-order valence-corrected chi connectivity index (χ0v) is 19.1. The van der Waals surface area contributed by atoms with Gasteiger partial charge in [0.05, 0.1) is 12.1 Å². The lowest BCUT2D eigenvalue weighted by Crippen LogP contribution is -2.32. The van der Waals surface area contributed by atoms with Crippen LogP contribution in [-0.4, -0.2) is 28.1 Å². The number of aliphatic carboxylic acids is 1. The highest BCUT2D eigenvalue weighted by Gasteiger charge is 2.34. The van der Waals surface area contributed by atoms with Crippen molar-refractivity contribution in [2.24, 2.45) is 0 Å². The Morgan fingerprint density at radius 1 is 1.09 bits per heavy atom. The molecule has 34 heavy (non-hydrogen) atoms. The Morgan fingerprint density at radius 2 is 1.76 bits per heavy atom. The first-order valence-electron chi connectivity index (χ1n) is 9.76. The molecule has 0 aliphatic heterocycles. The van der Waals surface area contributed by atoms with Crippen LogP contribution in [0, 0.1) is 12.7 Å². The number of rotatable bonds is 5. The van der Waals surface area contributed by atoms with Gasteiger partial charge in [-0.1, -0.05) is 42.0 Å².